The zero-order valence-electron chi connectivity index (χ0n) is 9.91. The van der Waals surface area contributed by atoms with E-state index in [9.17, 15) is 9.18 Å². The Morgan fingerprint density at radius 2 is 1.83 bits per heavy atom. The molecule has 0 saturated heterocycles. The molecule has 0 fully saturated rings. The van der Waals surface area contributed by atoms with Gasteiger partial charge in [-0.25, -0.2) is 4.39 Å². The first-order chi connectivity index (χ1) is 8.58. The first-order valence-electron chi connectivity index (χ1n) is 5.60. The molecule has 0 N–H and O–H groups in total. The zero-order valence-corrected chi connectivity index (χ0v) is 10.7. The highest BCUT2D eigenvalue weighted by Crippen LogP contribution is 2.16. The molecular formula is C15H12ClFO. The fraction of sp³-hybridized carbons (Fsp3) is 0.133. The normalized spacial score (nSPS) is 10.4. The van der Waals surface area contributed by atoms with Crippen molar-refractivity contribution in [2.24, 2.45) is 0 Å². The van der Waals surface area contributed by atoms with Crippen LogP contribution in [0, 0.1) is 12.7 Å². The van der Waals surface area contributed by atoms with Crippen molar-refractivity contribution in [1.29, 1.82) is 0 Å². The topological polar surface area (TPSA) is 17.1 Å². The fourth-order valence-corrected chi connectivity index (χ4v) is 1.87. The third kappa shape index (κ3) is 2.77. The molecule has 0 heterocycles. The van der Waals surface area contributed by atoms with Gasteiger partial charge in [0.1, 0.15) is 5.82 Å². The van der Waals surface area contributed by atoms with Crippen molar-refractivity contribution in [1.82, 2.24) is 0 Å². The first-order valence-corrected chi connectivity index (χ1v) is 5.98. The van der Waals surface area contributed by atoms with E-state index in [2.05, 4.69) is 0 Å². The Balaban J connectivity index is 2.22. The lowest BCUT2D eigenvalue weighted by atomic mass is 10.0. The molecule has 0 atom stereocenters. The molecule has 0 aliphatic carbocycles. The summed E-state index contributed by atoms with van der Waals surface area (Å²) in [6, 6.07) is 11.8. The Morgan fingerprint density at radius 1 is 1.17 bits per heavy atom. The number of aryl methyl sites for hydroxylation is 1. The van der Waals surface area contributed by atoms with E-state index >= 15 is 0 Å². The van der Waals surface area contributed by atoms with Crippen LogP contribution in [-0.4, -0.2) is 5.78 Å². The van der Waals surface area contributed by atoms with Gasteiger partial charge in [-0.3, -0.25) is 4.79 Å². The second kappa shape index (κ2) is 5.32. The maximum atomic E-state index is 13.8. The highest BCUT2D eigenvalue weighted by atomic mass is 35.5. The van der Waals surface area contributed by atoms with Crippen LogP contribution in [0.4, 0.5) is 4.39 Å². The van der Waals surface area contributed by atoms with Gasteiger partial charge in [-0.05, 0) is 36.2 Å². The number of carbonyl (C=O) groups is 1. The monoisotopic (exact) mass is 262 g/mol. The highest BCUT2D eigenvalue weighted by molar-refractivity contribution is 6.30. The van der Waals surface area contributed by atoms with Gasteiger partial charge >= 0.3 is 0 Å². The molecule has 0 radical (unpaired) electrons. The van der Waals surface area contributed by atoms with Gasteiger partial charge < -0.3 is 0 Å². The van der Waals surface area contributed by atoms with E-state index in [1.807, 2.05) is 0 Å². The van der Waals surface area contributed by atoms with Crippen molar-refractivity contribution < 1.29 is 9.18 Å². The minimum atomic E-state index is -0.434. The summed E-state index contributed by atoms with van der Waals surface area (Å²) >= 11 is 5.77. The highest BCUT2D eigenvalue weighted by Gasteiger charge is 2.13. The summed E-state index contributed by atoms with van der Waals surface area (Å²) in [5, 5.41) is 0.618. The summed E-state index contributed by atoms with van der Waals surface area (Å²) in [4.78, 5) is 12.0. The van der Waals surface area contributed by atoms with Crippen LogP contribution in [0.1, 0.15) is 21.5 Å². The number of halogens is 2. The van der Waals surface area contributed by atoms with E-state index in [0.717, 1.165) is 5.56 Å². The second-order valence-corrected chi connectivity index (χ2v) is 4.60. The molecular weight excluding hydrogens is 251 g/mol. The van der Waals surface area contributed by atoms with E-state index < -0.39 is 5.82 Å². The molecule has 0 aromatic heterocycles. The zero-order chi connectivity index (χ0) is 13.1. The van der Waals surface area contributed by atoms with Crippen molar-refractivity contribution in [3.8, 4) is 0 Å². The fourth-order valence-electron chi connectivity index (χ4n) is 1.75. The van der Waals surface area contributed by atoms with Gasteiger partial charge in [0, 0.05) is 11.4 Å². The molecule has 0 unspecified atom stereocenters. The number of benzene rings is 2. The van der Waals surface area contributed by atoms with Crippen molar-refractivity contribution >= 4 is 17.4 Å². The Hall–Kier alpha value is -1.67. The van der Waals surface area contributed by atoms with Crippen LogP contribution in [0.3, 0.4) is 0 Å². The van der Waals surface area contributed by atoms with Crippen LogP contribution < -0.4 is 0 Å². The largest absolute Gasteiger partial charge is 0.294 e. The molecule has 2 aromatic carbocycles. The number of ketones is 1. The summed E-state index contributed by atoms with van der Waals surface area (Å²) in [7, 11) is 0. The Kier molecular flexibility index (Phi) is 3.78. The number of carbonyl (C=O) groups excluding carboxylic acids is 1. The van der Waals surface area contributed by atoms with Gasteiger partial charge in [-0.2, -0.15) is 0 Å². The van der Waals surface area contributed by atoms with Crippen LogP contribution in [0.5, 0.6) is 0 Å². The van der Waals surface area contributed by atoms with Gasteiger partial charge in [0.25, 0.3) is 0 Å². The first kappa shape index (κ1) is 12.8. The minimum Gasteiger partial charge on any atom is -0.294 e. The van der Waals surface area contributed by atoms with Crippen molar-refractivity contribution in [3.05, 3.63) is 70.0 Å². The van der Waals surface area contributed by atoms with Gasteiger partial charge in [0.2, 0.25) is 0 Å². The molecule has 18 heavy (non-hydrogen) atoms. The molecule has 0 aliphatic heterocycles. The van der Waals surface area contributed by atoms with Gasteiger partial charge in [0.05, 0.1) is 5.56 Å². The summed E-state index contributed by atoms with van der Waals surface area (Å²) in [5.74, 6) is -0.657. The van der Waals surface area contributed by atoms with Crippen molar-refractivity contribution in [2.75, 3.05) is 0 Å². The third-order valence-corrected chi connectivity index (χ3v) is 3.02. The maximum absolute atomic E-state index is 13.8. The van der Waals surface area contributed by atoms with Crippen molar-refractivity contribution in [3.63, 3.8) is 0 Å². The standard InChI is InChI=1S/C15H12ClFO/c1-10-3-2-4-13(15(10)17)14(18)9-11-5-7-12(16)8-6-11/h2-8H,9H2,1H3. The SMILES string of the molecule is Cc1cccc(C(=O)Cc2ccc(Cl)cc2)c1F. The van der Waals surface area contributed by atoms with Gasteiger partial charge in [0.15, 0.2) is 5.78 Å². The van der Waals surface area contributed by atoms with E-state index in [1.54, 1.807) is 43.3 Å². The predicted molar refractivity (Wildman–Crippen MR) is 70.6 cm³/mol. The van der Waals surface area contributed by atoms with E-state index in [1.165, 1.54) is 6.07 Å². The van der Waals surface area contributed by atoms with Gasteiger partial charge in [-0.1, -0.05) is 35.9 Å². The molecule has 0 aliphatic rings. The summed E-state index contributed by atoms with van der Waals surface area (Å²) in [6.07, 6.45) is 0.178. The van der Waals surface area contributed by atoms with Crippen LogP contribution in [0.15, 0.2) is 42.5 Å². The lowest BCUT2D eigenvalue weighted by Crippen LogP contribution is -2.07. The molecule has 0 spiro atoms. The van der Waals surface area contributed by atoms with Gasteiger partial charge in [-0.15, -0.1) is 0 Å². The molecule has 1 nitrogen and oxygen atoms in total. The molecule has 2 aromatic rings. The van der Waals surface area contributed by atoms with E-state index in [4.69, 9.17) is 11.6 Å². The number of hydrogen-bond donors (Lipinski definition) is 0. The average molecular weight is 263 g/mol. The number of Topliss-reactive ketones (excluding diaryl/α,β-unsaturated/α-hetero) is 1. The summed E-state index contributed by atoms with van der Waals surface area (Å²) in [6.45, 7) is 1.65. The molecule has 92 valence electrons. The smallest absolute Gasteiger partial charge is 0.170 e. The van der Waals surface area contributed by atoms with E-state index in [0.29, 0.717) is 10.6 Å². The van der Waals surface area contributed by atoms with Crippen LogP contribution in [0.2, 0.25) is 5.02 Å². The Labute approximate surface area is 110 Å². The Bertz CT molecular complexity index is 576. The van der Waals surface area contributed by atoms with Crippen LogP contribution in [0.25, 0.3) is 0 Å². The molecule has 3 heteroatoms. The summed E-state index contributed by atoms with van der Waals surface area (Å²) in [5.41, 5.74) is 1.45. The van der Waals surface area contributed by atoms with Crippen LogP contribution >= 0.6 is 11.6 Å². The molecule has 0 bridgehead atoms. The predicted octanol–water partition coefficient (Wildman–Crippen LogP) is 4.21. The lowest BCUT2D eigenvalue weighted by Gasteiger charge is -2.05. The second-order valence-electron chi connectivity index (χ2n) is 4.16. The van der Waals surface area contributed by atoms with E-state index in [-0.39, 0.29) is 17.8 Å². The Morgan fingerprint density at radius 3 is 2.50 bits per heavy atom. The molecule has 2 rings (SSSR count). The average Bonchev–Trinajstić information content (AvgIpc) is 2.35. The van der Waals surface area contributed by atoms with Crippen molar-refractivity contribution in [2.45, 2.75) is 13.3 Å². The summed E-state index contributed by atoms with van der Waals surface area (Å²) < 4.78 is 13.8. The maximum Gasteiger partial charge on any atom is 0.170 e. The lowest BCUT2D eigenvalue weighted by molar-refractivity contribution is 0.0989. The van der Waals surface area contributed by atoms with Crippen LogP contribution in [-0.2, 0) is 6.42 Å². The number of rotatable bonds is 3. The molecule has 0 amide bonds. The third-order valence-electron chi connectivity index (χ3n) is 2.77. The number of hydrogen-bond acceptors (Lipinski definition) is 1. The minimum absolute atomic E-state index is 0.143. The molecule has 0 saturated carbocycles. The quantitative estimate of drug-likeness (QED) is 0.757.